The first kappa shape index (κ1) is 11.9. The fourth-order valence-electron chi connectivity index (χ4n) is 1.95. The minimum absolute atomic E-state index is 0.786. The lowest BCUT2D eigenvalue weighted by Gasteiger charge is -2.09. The molecular formula is C14H15NOS. The van der Waals surface area contributed by atoms with Gasteiger partial charge in [0.2, 0.25) is 0 Å². The average Bonchev–Trinajstić information content (AvgIpc) is 2.34. The van der Waals surface area contributed by atoms with E-state index in [0.29, 0.717) is 0 Å². The van der Waals surface area contributed by atoms with Crippen LogP contribution in [0.15, 0.2) is 30.9 Å². The van der Waals surface area contributed by atoms with Gasteiger partial charge in [0.15, 0.2) is 0 Å². The monoisotopic (exact) mass is 245 g/mol. The molecule has 0 amide bonds. The molecule has 0 saturated heterocycles. The Morgan fingerprint density at radius 3 is 2.88 bits per heavy atom. The van der Waals surface area contributed by atoms with Crippen molar-refractivity contribution in [3.8, 4) is 5.75 Å². The molecule has 0 fully saturated rings. The molecule has 0 radical (unpaired) electrons. The molecule has 0 aliphatic heterocycles. The van der Waals surface area contributed by atoms with Crippen molar-refractivity contribution < 1.29 is 4.74 Å². The number of rotatable bonds is 3. The van der Waals surface area contributed by atoms with E-state index >= 15 is 0 Å². The first-order valence-corrected chi connectivity index (χ1v) is 5.88. The third-order valence-corrected chi connectivity index (χ3v) is 3.34. The number of aryl methyl sites for hydroxylation is 1. The quantitative estimate of drug-likeness (QED) is 0.654. The molecule has 0 unspecified atom stereocenters. The Balaban J connectivity index is 2.78. The first-order chi connectivity index (χ1) is 8.17. The SMILES string of the molecule is C=CCc1c(C)[nH]c2ccc(OC)cc2c1=S. The van der Waals surface area contributed by atoms with Gasteiger partial charge in [-0.15, -0.1) is 6.58 Å². The van der Waals surface area contributed by atoms with Gasteiger partial charge >= 0.3 is 0 Å². The first-order valence-electron chi connectivity index (χ1n) is 5.47. The molecule has 2 rings (SSSR count). The second-order valence-corrected chi connectivity index (χ2v) is 4.37. The van der Waals surface area contributed by atoms with E-state index in [1.807, 2.05) is 31.2 Å². The van der Waals surface area contributed by atoms with Gasteiger partial charge in [-0.1, -0.05) is 18.3 Å². The number of aromatic amines is 1. The zero-order valence-electron chi connectivity index (χ0n) is 10.0. The number of H-pyrrole nitrogens is 1. The highest BCUT2D eigenvalue weighted by Gasteiger charge is 2.06. The summed E-state index contributed by atoms with van der Waals surface area (Å²) in [6, 6.07) is 5.90. The summed E-state index contributed by atoms with van der Waals surface area (Å²) in [4.78, 5) is 3.37. The number of allylic oxidation sites excluding steroid dienone is 1. The van der Waals surface area contributed by atoms with Crippen molar-refractivity contribution in [2.24, 2.45) is 0 Å². The number of pyridine rings is 1. The second-order valence-electron chi connectivity index (χ2n) is 3.96. The summed E-state index contributed by atoms with van der Waals surface area (Å²) >= 11 is 5.53. The van der Waals surface area contributed by atoms with Gasteiger partial charge in [0, 0.05) is 16.6 Å². The molecule has 2 nitrogen and oxygen atoms in total. The molecule has 3 heteroatoms. The van der Waals surface area contributed by atoms with Crippen LogP contribution in [0, 0.1) is 11.4 Å². The van der Waals surface area contributed by atoms with E-state index in [1.165, 1.54) is 0 Å². The Kier molecular flexibility index (Phi) is 3.29. The van der Waals surface area contributed by atoms with Crippen molar-refractivity contribution in [3.05, 3.63) is 46.6 Å². The lowest BCUT2D eigenvalue weighted by Crippen LogP contribution is -1.95. The molecule has 0 atom stereocenters. The number of methoxy groups -OCH3 is 1. The lowest BCUT2D eigenvalue weighted by atomic mass is 10.1. The van der Waals surface area contributed by atoms with Crippen LogP contribution in [-0.2, 0) is 6.42 Å². The van der Waals surface area contributed by atoms with Gasteiger partial charge in [0.05, 0.1) is 11.6 Å². The highest BCUT2D eigenvalue weighted by atomic mass is 32.1. The maximum Gasteiger partial charge on any atom is 0.119 e. The highest BCUT2D eigenvalue weighted by molar-refractivity contribution is 7.71. The molecule has 1 aromatic heterocycles. The number of hydrogen-bond donors (Lipinski definition) is 1. The molecule has 1 aromatic carbocycles. The van der Waals surface area contributed by atoms with Gasteiger partial charge in [-0.3, -0.25) is 0 Å². The van der Waals surface area contributed by atoms with E-state index in [-0.39, 0.29) is 0 Å². The zero-order chi connectivity index (χ0) is 12.4. The molecule has 0 aliphatic rings. The summed E-state index contributed by atoms with van der Waals surface area (Å²) in [6.07, 6.45) is 2.66. The van der Waals surface area contributed by atoms with Crippen LogP contribution >= 0.6 is 12.2 Å². The van der Waals surface area contributed by atoms with Crippen molar-refractivity contribution in [2.75, 3.05) is 7.11 Å². The van der Waals surface area contributed by atoms with Crippen molar-refractivity contribution in [3.63, 3.8) is 0 Å². The molecule has 17 heavy (non-hydrogen) atoms. The minimum atomic E-state index is 0.786. The van der Waals surface area contributed by atoms with Crippen LogP contribution in [0.3, 0.4) is 0 Å². The van der Waals surface area contributed by atoms with Gasteiger partial charge in [-0.05, 0) is 37.1 Å². The van der Waals surface area contributed by atoms with E-state index in [0.717, 1.165) is 38.8 Å². The van der Waals surface area contributed by atoms with E-state index in [2.05, 4.69) is 11.6 Å². The van der Waals surface area contributed by atoms with E-state index < -0.39 is 0 Å². The van der Waals surface area contributed by atoms with Crippen LogP contribution in [0.25, 0.3) is 10.9 Å². The molecular weight excluding hydrogens is 230 g/mol. The maximum atomic E-state index is 5.53. The van der Waals surface area contributed by atoms with Gasteiger partial charge < -0.3 is 9.72 Å². The van der Waals surface area contributed by atoms with Crippen molar-refractivity contribution in [2.45, 2.75) is 13.3 Å². The highest BCUT2D eigenvalue weighted by Crippen LogP contribution is 2.24. The number of aromatic nitrogens is 1. The van der Waals surface area contributed by atoms with Gasteiger partial charge in [0.1, 0.15) is 5.75 Å². The number of fused-ring (bicyclic) bond motifs is 1. The van der Waals surface area contributed by atoms with E-state index in [9.17, 15) is 0 Å². The summed E-state index contributed by atoms with van der Waals surface area (Å²) in [7, 11) is 1.66. The van der Waals surface area contributed by atoms with Gasteiger partial charge in [-0.2, -0.15) is 0 Å². The smallest absolute Gasteiger partial charge is 0.119 e. The van der Waals surface area contributed by atoms with Gasteiger partial charge in [-0.25, -0.2) is 0 Å². The van der Waals surface area contributed by atoms with Crippen LogP contribution in [0.4, 0.5) is 0 Å². The molecule has 1 heterocycles. The Morgan fingerprint density at radius 2 is 2.24 bits per heavy atom. The number of benzene rings is 1. The Hall–Kier alpha value is -1.61. The Morgan fingerprint density at radius 1 is 1.47 bits per heavy atom. The maximum absolute atomic E-state index is 5.53. The fourth-order valence-corrected chi connectivity index (χ4v) is 2.35. The summed E-state index contributed by atoms with van der Waals surface area (Å²) < 4.78 is 6.11. The summed E-state index contributed by atoms with van der Waals surface area (Å²) in [6.45, 7) is 5.81. The topological polar surface area (TPSA) is 25.0 Å². The largest absolute Gasteiger partial charge is 0.497 e. The second kappa shape index (κ2) is 4.72. The molecule has 0 aliphatic carbocycles. The Labute approximate surface area is 106 Å². The van der Waals surface area contributed by atoms with E-state index in [1.54, 1.807) is 7.11 Å². The van der Waals surface area contributed by atoms with E-state index in [4.69, 9.17) is 17.0 Å². The minimum Gasteiger partial charge on any atom is -0.497 e. The predicted molar refractivity (Wildman–Crippen MR) is 74.3 cm³/mol. The average molecular weight is 245 g/mol. The van der Waals surface area contributed by atoms with Crippen LogP contribution in [0.1, 0.15) is 11.3 Å². The molecule has 0 saturated carbocycles. The predicted octanol–water partition coefficient (Wildman–Crippen LogP) is 3.94. The van der Waals surface area contributed by atoms with Crippen molar-refractivity contribution >= 4 is 23.1 Å². The number of hydrogen-bond acceptors (Lipinski definition) is 2. The third-order valence-electron chi connectivity index (χ3n) is 2.87. The molecule has 1 N–H and O–H groups in total. The third kappa shape index (κ3) is 2.11. The van der Waals surface area contributed by atoms with Crippen LogP contribution in [0.5, 0.6) is 5.75 Å². The van der Waals surface area contributed by atoms with Crippen molar-refractivity contribution in [1.82, 2.24) is 4.98 Å². The van der Waals surface area contributed by atoms with Gasteiger partial charge in [0.25, 0.3) is 0 Å². The molecule has 88 valence electrons. The van der Waals surface area contributed by atoms with Crippen LogP contribution in [-0.4, -0.2) is 12.1 Å². The standard InChI is InChI=1S/C14H15NOS/c1-4-5-11-9(2)15-13-7-6-10(16-3)8-12(13)14(11)17/h4,6-8H,1,5H2,2-3H3,(H,15,17). The Bertz CT molecular complexity index is 628. The number of ether oxygens (including phenoxy) is 1. The fraction of sp³-hybridized carbons (Fsp3) is 0.214. The summed E-state index contributed by atoms with van der Waals surface area (Å²) in [5, 5.41) is 1.03. The normalized spacial score (nSPS) is 10.5. The molecule has 2 aromatic rings. The number of nitrogens with one attached hydrogen (secondary N) is 1. The lowest BCUT2D eigenvalue weighted by molar-refractivity contribution is 0.415. The zero-order valence-corrected chi connectivity index (χ0v) is 10.9. The molecule has 0 bridgehead atoms. The summed E-state index contributed by atoms with van der Waals surface area (Å²) in [5.74, 6) is 0.824. The molecule has 0 spiro atoms. The van der Waals surface area contributed by atoms with Crippen LogP contribution in [0.2, 0.25) is 0 Å². The summed E-state index contributed by atoms with van der Waals surface area (Å²) in [5.41, 5.74) is 3.28. The van der Waals surface area contributed by atoms with Crippen molar-refractivity contribution in [1.29, 1.82) is 0 Å². The van der Waals surface area contributed by atoms with Crippen LogP contribution < -0.4 is 4.74 Å².